The molecule has 3 aromatic rings. The highest BCUT2D eigenvalue weighted by Gasteiger charge is 2.49. The minimum Gasteiger partial charge on any atom is -0.323 e. The van der Waals surface area contributed by atoms with Crippen LogP contribution < -0.4 is 5.32 Å². The monoisotopic (exact) mass is 384 g/mol. The minimum absolute atomic E-state index is 0.169. The van der Waals surface area contributed by atoms with Crippen LogP contribution in [0.3, 0.4) is 0 Å². The van der Waals surface area contributed by atoms with Crippen LogP contribution in [0.2, 0.25) is 5.02 Å². The summed E-state index contributed by atoms with van der Waals surface area (Å²) in [4.78, 5) is 13.0. The van der Waals surface area contributed by atoms with E-state index in [2.05, 4.69) is 15.5 Å². The quantitative estimate of drug-likeness (QED) is 0.728. The van der Waals surface area contributed by atoms with Gasteiger partial charge in [0.05, 0.1) is 10.7 Å². The number of halogens is 2. The van der Waals surface area contributed by atoms with Gasteiger partial charge < -0.3 is 9.88 Å². The molecule has 2 aromatic carbocycles. The average molecular weight is 385 g/mol. The molecule has 0 spiro atoms. The first-order valence-electron chi connectivity index (χ1n) is 8.74. The molecular formula is C20H18ClFN4O. The molecule has 138 valence electrons. The lowest BCUT2D eigenvalue weighted by Crippen LogP contribution is -2.48. The lowest BCUT2D eigenvalue weighted by atomic mass is 9.67. The number of anilines is 1. The third kappa shape index (κ3) is 2.90. The summed E-state index contributed by atoms with van der Waals surface area (Å²) in [7, 11) is 1.82. The third-order valence-electron chi connectivity index (χ3n) is 5.18. The predicted octanol–water partition coefficient (Wildman–Crippen LogP) is 4.34. The summed E-state index contributed by atoms with van der Waals surface area (Å²) in [5.74, 6) is 0.438. The van der Waals surface area contributed by atoms with Crippen LogP contribution in [0, 0.1) is 5.82 Å². The third-order valence-corrected chi connectivity index (χ3v) is 5.51. The van der Waals surface area contributed by atoms with E-state index in [-0.39, 0.29) is 11.6 Å². The van der Waals surface area contributed by atoms with Crippen LogP contribution >= 0.6 is 11.6 Å². The molecule has 1 saturated carbocycles. The number of rotatable bonds is 4. The van der Waals surface area contributed by atoms with Crippen molar-refractivity contribution in [2.45, 2.75) is 24.7 Å². The number of amides is 1. The van der Waals surface area contributed by atoms with Crippen molar-refractivity contribution in [3.05, 3.63) is 65.2 Å². The van der Waals surface area contributed by atoms with Gasteiger partial charge in [-0.25, -0.2) is 4.39 Å². The Morgan fingerprint density at radius 3 is 2.52 bits per heavy atom. The van der Waals surface area contributed by atoms with E-state index in [1.165, 1.54) is 6.07 Å². The minimum atomic E-state index is -0.816. The number of nitrogens with one attached hydrogen (secondary N) is 1. The van der Waals surface area contributed by atoms with Crippen molar-refractivity contribution >= 4 is 23.2 Å². The second-order valence-electron chi connectivity index (χ2n) is 6.76. The van der Waals surface area contributed by atoms with Crippen LogP contribution in [0.15, 0.2) is 48.5 Å². The van der Waals surface area contributed by atoms with Crippen molar-refractivity contribution in [2.75, 3.05) is 5.32 Å². The highest BCUT2D eigenvalue weighted by molar-refractivity contribution is 6.33. The van der Waals surface area contributed by atoms with Crippen LogP contribution in [0.5, 0.6) is 0 Å². The lowest BCUT2D eigenvalue weighted by molar-refractivity contribution is -0.125. The summed E-state index contributed by atoms with van der Waals surface area (Å²) in [6.45, 7) is 0. The number of hydrogen-bond donors (Lipinski definition) is 1. The Bertz CT molecular complexity index is 1010. The fourth-order valence-corrected chi connectivity index (χ4v) is 3.73. The van der Waals surface area contributed by atoms with Gasteiger partial charge in [-0.3, -0.25) is 4.79 Å². The molecule has 1 aromatic heterocycles. The van der Waals surface area contributed by atoms with Crippen molar-refractivity contribution in [2.24, 2.45) is 7.05 Å². The fraction of sp³-hybridized carbons (Fsp3) is 0.250. The van der Waals surface area contributed by atoms with Crippen molar-refractivity contribution in [1.29, 1.82) is 0 Å². The van der Waals surface area contributed by atoms with Crippen LogP contribution in [-0.4, -0.2) is 20.7 Å². The molecule has 5 nitrogen and oxygen atoms in total. The van der Waals surface area contributed by atoms with Gasteiger partial charge in [0.15, 0.2) is 5.82 Å². The highest BCUT2D eigenvalue weighted by Crippen LogP contribution is 2.44. The first-order chi connectivity index (χ1) is 13.0. The van der Waals surface area contributed by atoms with Crippen LogP contribution in [-0.2, 0) is 17.3 Å². The van der Waals surface area contributed by atoms with E-state index in [0.717, 1.165) is 12.0 Å². The summed E-state index contributed by atoms with van der Waals surface area (Å²) >= 11 is 6.29. The molecule has 0 atom stereocenters. The Hall–Kier alpha value is -2.73. The Morgan fingerprint density at radius 2 is 1.85 bits per heavy atom. The van der Waals surface area contributed by atoms with Crippen LogP contribution in [0.4, 0.5) is 10.1 Å². The Labute approximate surface area is 161 Å². The molecule has 0 saturated heterocycles. The SMILES string of the molecule is Cn1c(-c2ccccc2Cl)nnc1C1(C(=O)Nc2ccccc2F)CCC1. The van der Waals surface area contributed by atoms with E-state index in [1.54, 1.807) is 28.8 Å². The second kappa shape index (κ2) is 6.78. The highest BCUT2D eigenvalue weighted by atomic mass is 35.5. The number of aromatic nitrogens is 3. The number of carbonyl (C=O) groups excluding carboxylic acids is 1. The van der Waals surface area contributed by atoms with Crippen LogP contribution in [0.25, 0.3) is 11.4 Å². The van der Waals surface area contributed by atoms with Gasteiger partial charge in [-0.15, -0.1) is 10.2 Å². The molecule has 0 aliphatic heterocycles. The summed E-state index contributed by atoms with van der Waals surface area (Å²) in [5.41, 5.74) is 0.107. The predicted molar refractivity (Wildman–Crippen MR) is 102 cm³/mol. The molecule has 1 N–H and O–H groups in total. The molecule has 27 heavy (non-hydrogen) atoms. The van der Waals surface area contributed by atoms with Gasteiger partial charge in [0.2, 0.25) is 5.91 Å². The molecule has 4 rings (SSSR count). The molecule has 1 amide bonds. The summed E-state index contributed by atoms with van der Waals surface area (Å²) in [6, 6.07) is 13.5. The van der Waals surface area contributed by atoms with Gasteiger partial charge in [-0.1, -0.05) is 42.3 Å². The van der Waals surface area contributed by atoms with E-state index < -0.39 is 11.2 Å². The van der Waals surface area contributed by atoms with Gasteiger partial charge in [-0.2, -0.15) is 0 Å². The van der Waals surface area contributed by atoms with Gasteiger partial charge in [-0.05, 0) is 37.1 Å². The van der Waals surface area contributed by atoms with E-state index in [0.29, 0.717) is 29.5 Å². The molecule has 0 bridgehead atoms. The van der Waals surface area contributed by atoms with Gasteiger partial charge in [0, 0.05) is 12.6 Å². The van der Waals surface area contributed by atoms with E-state index in [9.17, 15) is 9.18 Å². The standard InChI is InChI=1S/C20H18ClFN4O/c1-26-17(13-7-2-3-8-14(13)21)24-25-18(26)20(11-6-12-20)19(27)23-16-10-5-4-9-15(16)22/h2-5,7-10H,6,11-12H2,1H3,(H,23,27). The molecule has 7 heteroatoms. The van der Waals surface area contributed by atoms with Crippen molar-refractivity contribution < 1.29 is 9.18 Å². The number of hydrogen-bond acceptors (Lipinski definition) is 3. The summed E-state index contributed by atoms with van der Waals surface area (Å²) in [6.07, 6.45) is 2.18. The van der Waals surface area contributed by atoms with Crippen molar-refractivity contribution in [3.63, 3.8) is 0 Å². The van der Waals surface area contributed by atoms with Crippen molar-refractivity contribution in [1.82, 2.24) is 14.8 Å². The largest absolute Gasteiger partial charge is 0.323 e. The zero-order valence-electron chi connectivity index (χ0n) is 14.7. The van der Waals surface area contributed by atoms with E-state index in [1.807, 2.05) is 25.2 Å². The molecule has 1 heterocycles. The molecule has 1 aliphatic carbocycles. The molecule has 1 fully saturated rings. The molecule has 0 radical (unpaired) electrons. The summed E-state index contributed by atoms with van der Waals surface area (Å²) in [5, 5.41) is 11.9. The smallest absolute Gasteiger partial charge is 0.238 e. The zero-order valence-corrected chi connectivity index (χ0v) is 15.5. The number of benzene rings is 2. The first-order valence-corrected chi connectivity index (χ1v) is 9.11. The molecule has 0 unspecified atom stereocenters. The Kier molecular flexibility index (Phi) is 4.44. The number of para-hydroxylation sites is 1. The summed E-state index contributed by atoms with van der Waals surface area (Å²) < 4.78 is 15.8. The van der Waals surface area contributed by atoms with Crippen molar-refractivity contribution in [3.8, 4) is 11.4 Å². The maximum atomic E-state index is 13.9. The lowest BCUT2D eigenvalue weighted by Gasteiger charge is -2.39. The molecular weight excluding hydrogens is 367 g/mol. The first kappa shape index (κ1) is 17.7. The average Bonchev–Trinajstić information content (AvgIpc) is 2.98. The van der Waals surface area contributed by atoms with Gasteiger partial charge in [0.1, 0.15) is 17.1 Å². The van der Waals surface area contributed by atoms with Crippen LogP contribution in [0.1, 0.15) is 25.1 Å². The van der Waals surface area contributed by atoms with Gasteiger partial charge >= 0.3 is 0 Å². The number of nitrogens with zero attached hydrogens (tertiary/aromatic N) is 3. The van der Waals surface area contributed by atoms with E-state index >= 15 is 0 Å². The Morgan fingerprint density at radius 1 is 1.15 bits per heavy atom. The van der Waals surface area contributed by atoms with E-state index in [4.69, 9.17) is 11.6 Å². The van der Waals surface area contributed by atoms with Gasteiger partial charge in [0.25, 0.3) is 0 Å². The Balaban J connectivity index is 1.70. The molecule has 1 aliphatic rings. The zero-order chi connectivity index (χ0) is 19.0. The number of carbonyl (C=O) groups is 1. The maximum absolute atomic E-state index is 13.9. The maximum Gasteiger partial charge on any atom is 0.238 e. The second-order valence-corrected chi connectivity index (χ2v) is 7.16. The fourth-order valence-electron chi connectivity index (χ4n) is 3.51. The normalized spacial score (nSPS) is 15.2. The topological polar surface area (TPSA) is 59.8 Å².